The van der Waals surface area contributed by atoms with Crippen LogP contribution in [0.5, 0.6) is 5.75 Å². The molecule has 1 fully saturated rings. The normalized spacial score (nSPS) is 18.4. The minimum absolute atomic E-state index is 0.250. The molecule has 116 valence electrons. The highest BCUT2D eigenvalue weighted by molar-refractivity contribution is 5.76. The van der Waals surface area contributed by atoms with Crippen molar-refractivity contribution in [1.29, 1.82) is 0 Å². The van der Waals surface area contributed by atoms with Crippen LogP contribution in [0, 0.1) is 5.41 Å². The number of hydrogen-bond acceptors (Lipinski definition) is 3. The largest absolute Gasteiger partial charge is 0.492 e. The van der Waals surface area contributed by atoms with Gasteiger partial charge in [0.05, 0.1) is 6.54 Å². The molecule has 1 aromatic carbocycles. The quantitative estimate of drug-likeness (QED) is 0.906. The van der Waals surface area contributed by atoms with Crippen molar-refractivity contribution in [3.8, 4) is 5.75 Å². The second-order valence-electron chi connectivity index (χ2n) is 6.49. The number of nitrogens with two attached hydrogens (primary N) is 1. The molecule has 0 aromatic heterocycles. The minimum Gasteiger partial charge on any atom is -0.492 e. The third kappa shape index (κ3) is 4.74. The highest BCUT2D eigenvalue weighted by Gasteiger charge is 2.27. The Kier molecular flexibility index (Phi) is 5.23. The Labute approximate surface area is 127 Å². The average Bonchev–Trinajstić information content (AvgIpc) is 2.60. The van der Waals surface area contributed by atoms with Crippen LogP contribution in [0.2, 0.25) is 0 Å². The number of carbonyl (C=O) groups excluding carboxylic acids is 1. The average molecular weight is 290 g/mol. The van der Waals surface area contributed by atoms with Crippen LogP contribution < -0.4 is 10.5 Å². The summed E-state index contributed by atoms with van der Waals surface area (Å²) in [6.45, 7) is 6.99. The first-order valence-electron chi connectivity index (χ1n) is 7.70. The molecular formula is C17H26N2O2. The van der Waals surface area contributed by atoms with E-state index in [1.54, 1.807) is 0 Å². The van der Waals surface area contributed by atoms with Crippen LogP contribution in [0.25, 0.3) is 0 Å². The molecule has 21 heavy (non-hydrogen) atoms. The van der Waals surface area contributed by atoms with Crippen molar-refractivity contribution >= 4 is 5.91 Å². The molecule has 0 aliphatic carbocycles. The van der Waals surface area contributed by atoms with Gasteiger partial charge in [-0.25, -0.2) is 0 Å². The number of carbonyl (C=O) groups is 1. The summed E-state index contributed by atoms with van der Waals surface area (Å²) in [5.74, 6) is 1.07. The van der Waals surface area contributed by atoms with Crippen molar-refractivity contribution in [2.24, 2.45) is 11.1 Å². The van der Waals surface area contributed by atoms with E-state index in [1.165, 1.54) is 0 Å². The summed E-state index contributed by atoms with van der Waals surface area (Å²) in [5, 5.41) is 0. The highest BCUT2D eigenvalue weighted by Crippen LogP contribution is 2.30. The van der Waals surface area contributed by atoms with Crippen LogP contribution in [0.15, 0.2) is 24.3 Å². The Balaban J connectivity index is 1.83. The zero-order valence-corrected chi connectivity index (χ0v) is 13.1. The van der Waals surface area contributed by atoms with E-state index in [1.807, 2.05) is 29.2 Å². The zero-order chi connectivity index (χ0) is 15.3. The number of likely N-dealkylation sites (tertiary alicyclic amines) is 1. The van der Waals surface area contributed by atoms with E-state index in [9.17, 15) is 4.79 Å². The summed E-state index contributed by atoms with van der Waals surface area (Å²) in [5.41, 5.74) is 6.94. The first-order chi connectivity index (χ1) is 10.00. The maximum atomic E-state index is 12.1. The lowest BCUT2D eigenvalue weighted by Crippen LogP contribution is -2.34. The highest BCUT2D eigenvalue weighted by atomic mass is 16.5. The van der Waals surface area contributed by atoms with Gasteiger partial charge in [-0.3, -0.25) is 4.79 Å². The second-order valence-corrected chi connectivity index (χ2v) is 6.49. The number of hydrogen-bond donors (Lipinski definition) is 1. The van der Waals surface area contributed by atoms with Gasteiger partial charge in [-0.05, 0) is 36.0 Å². The Morgan fingerprint density at radius 1 is 1.33 bits per heavy atom. The molecule has 0 spiro atoms. The van der Waals surface area contributed by atoms with E-state index >= 15 is 0 Å². The van der Waals surface area contributed by atoms with Crippen molar-refractivity contribution in [2.45, 2.75) is 39.7 Å². The Hall–Kier alpha value is -1.55. The molecule has 0 radical (unpaired) electrons. The molecule has 1 aliphatic heterocycles. The van der Waals surface area contributed by atoms with E-state index in [4.69, 9.17) is 10.5 Å². The minimum atomic E-state index is 0.250. The Morgan fingerprint density at radius 3 is 2.90 bits per heavy atom. The fraction of sp³-hybridized carbons (Fsp3) is 0.588. The van der Waals surface area contributed by atoms with Crippen molar-refractivity contribution in [2.75, 3.05) is 19.7 Å². The molecular weight excluding hydrogens is 264 g/mol. The van der Waals surface area contributed by atoms with Gasteiger partial charge in [0.2, 0.25) is 5.91 Å². The maximum absolute atomic E-state index is 12.1. The third-order valence-corrected chi connectivity index (χ3v) is 4.19. The van der Waals surface area contributed by atoms with E-state index in [0.717, 1.165) is 30.7 Å². The van der Waals surface area contributed by atoms with E-state index in [2.05, 4.69) is 13.8 Å². The lowest BCUT2D eigenvalue weighted by Gasteiger charge is -2.23. The fourth-order valence-corrected chi connectivity index (χ4v) is 2.56. The fourth-order valence-electron chi connectivity index (χ4n) is 2.56. The molecule has 0 bridgehead atoms. The molecule has 0 atom stereocenters. The predicted octanol–water partition coefficient (Wildman–Crippen LogP) is 2.56. The van der Waals surface area contributed by atoms with Crippen LogP contribution in [0.1, 0.15) is 38.7 Å². The predicted molar refractivity (Wildman–Crippen MR) is 84.0 cm³/mol. The number of rotatable bonds is 5. The number of nitrogens with zero attached hydrogens (tertiary/aromatic N) is 1. The topological polar surface area (TPSA) is 55.6 Å². The number of amides is 1. The van der Waals surface area contributed by atoms with Gasteiger partial charge in [0.1, 0.15) is 12.4 Å². The molecule has 4 nitrogen and oxygen atoms in total. The molecule has 2 N–H and O–H groups in total. The Morgan fingerprint density at radius 2 is 2.14 bits per heavy atom. The first kappa shape index (κ1) is 15.8. The van der Waals surface area contributed by atoms with Crippen LogP contribution in [-0.4, -0.2) is 30.5 Å². The summed E-state index contributed by atoms with van der Waals surface area (Å²) < 4.78 is 5.74. The van der Waals surface area contributed by atoms with Crippen molar-refractivity contribution in [3.63, 3.8) is 0 Å². The summed E-state index contributed by atoms with van der Waals surface area (Å²) >= 11 is 0. The first-order valence-corrected chi connectivity index (χ1v) is 7.70. The van der Waals surface area contributed by atoms with Gasteiger partial charge in [0.15, 0.2) is 0 Å². The van der Waals surface area contributed by atoms with E-state index in [-0.39, 0.29) is 11.3 Å². The SMILES string of the molecule is CC1(C)CCC(=O)N(CCOc2cccc(CN)c2)CC1. The molecule has 1 heterocycles. The molecule has 0 unspecified atom stereocenters. The number of ether oxygens (including phenoxy) is 1. The van der Waals surface area contributed by atoms with Gasteiger partial charge in [-0.15, -0.1) is 0 Å². The van der Waals surface area contributed by atoms with Crippen LogP contribution in [0.4, 0.5) is 0 Å². The summed E-state index contributed by atoms with van der Waals surface area (Å²) in [6.07, 6.45) is 2.68. The zero-order valence-electron chi connectivity index (χ0n) is 13.1. The molecule has 0 saturated carbocycles. The maximum Gasteiger partial charge on any atom is 0.222 e. The summed E-state index contributed by atoms with van der Waals surface area (Å²) in [7, 11) is 0. The van der Waals surface area contributed by atoms with Gasteiger partial charge in [-0.1, -0.05) is 26.0 Å². The third-order valence-electron chi connectivity index (χ3n) is 4.19. The lowest BCUT2D eigenvalue weighted by atomic mass is 9.85. The smallest absolute Gasteiger partial charge is 0.222 e. The standard InChI is InChI=1S/C17H26N2O2/c1-17(2)7-6-16(20)19(9-8-17)10-11-21-15-5-3-4-14(12-15)13-18/h3-5,12H,6-11,13,18H2,1-2H3. The van der Waals surface area contributed by atoms with Crippen molar-refractivity contribution < 1.29 is 9.53 Å². The van der Waals surface area contributed by atoms with Gasteiger partial charge in [0, 0.05) is 19.5 Å². The summed E-state index contributed by atoms with van der Waals surface area (Å²) in [4.78, 5) is 14.0. The van der Waals surface area contributed by atoms with Gasteiger partial charge in [0.25, 0.3) is 0 Å². The Bertz CT molecular complexity index is 485. The van der Waals surface area contributed by atoms with Crippen molar-refractivity contribution in [1.82, 2.24) is 4.90 Å². The molecule has 2 rings (SSSR count). The van der Waals surface area contributed by atoms with Crippen molar-refractivity contribution in [3.05, 3.63) is 29.8 Å². The van der Waals surface area contributed by atoms with Gasteiger partial charge in [-0.2, -0.15) is 0 Å². The van der Waals surface area contributed by atoms with Crippen LogP contribution in [-0.2, 0) is 11.3 Å². The monoisotopic (exact) mass is 290 g/mol. The molecule has 1 amide bonds. The van der Waals surface area contributed by atoms with E-state index < -0.39 is 0 Å². The molecule has 1 aliphatic rings. The van der Waals surface area contributed by atoms with Gasteiger partial charge < -0.3 is 15.4 Å². The molecule has 1 aromatic rings. The number of benzene rings is 1. The lowest BCUT2D eigenvalue weighted by molar-refractivity contribution is -0.131. The van der Waals surface area contributed by atoms with E-state index in [0.29, 0.717) is 26.1 Å². The van der Waals surface area contributed by atoms with Gasteiger partial charge >= 0.3 is 0 Å². The second kappa shape index (κ2) is 6.94. The summed E-state index contributed by atoms with van der Waals surface area (Å²) in [6, 6.07) is 7.80. The van der Waals surface area contributed by atoms with Crippen LogP contribution >= 0.6 is 0 Å². The molecule has 1 saturated heterocycles. The molecule has 4 heteroatoms. The van der Waals surface area contributed by atoms with Crippen LogP contribution in [0.3, 0.4) is 0 Å².